The quantitative estimate of drug-likeness (QED) is 0.275. The van der Waals surface area contributed by atoms with Crippen molar-refractivity contribution in [1.29, 1.82) is 0 Å². The predicted octanol–water partition coefficient (Wildman–Crippen LogP) is 5.33. The summed E-state index contributed by atoms with van der Waals surface area (Å²) in [5, 5.41) is 1.48. The first-order chi connectivity index (χ1) is 19.5. The number of benzene rings is 3. The number of aromatic nitrogens is 2. The second-order valence-corrected chi connectivity index (χ2v) is 11.2. The topological polar surface area (TPSA) is 102 Å². The summed E-state index contributed by atoms with van der Waals surface area (Å²) in [5.41, 5.74) is 7.64. The van der Waals surface area contributed by atoms with E-state index in [1.54, 1.807) is 62.6 Å². The van der Waals surface area contributed by atoms with Crippen LogP contribution in [-0.4, -0.2) is 58.4 Å². The lowest BCUT2D eigenvalue weighted by atomic mass is 10.1. The largest absolute Gasteiger partial charge is 0.347 e. The lowest BCUT2D eigenvalue weighted by Gasteiger charge is -2.33. The molecule has 0 aliphatic carbocycles. The number of likely N-dealkylation sites (N-methyl/N-ethyl adjacent to an activating group) is 1. The van der Waals surface area contributed by atoms with Gasteiger partial charge in [0.15, 0.2) is 6.04 Å². The fourth-order valence-corrected chi connectivity index (χ4v) is 5.05. The molecule has 8 nitrogen and oxygen atoms in total. The van der Waals surface area contributed by atoms with Gasteiger partial charge in [-0.2, -0.15) is 0 Å². The molecule has 2 amide bonds. The Morgan fingerprint density at radius 3 is 2.29 bits per heavy atom. The molecular weight excluding hydrogens is 585 g/mol. The molecule has 0 radical (unpaired) electrons. The number of fused-ring (bicyclic) bond motifs is 1. The monoisotopic (exact) mass is 613 g/mol. The highest BCUT2D eigenvalue weighted by Crippen LogP contribution is 2.28. The van der Waals surface area contributed by atoms with Gasteiger partial charge in [0.25, 0.3) is 17.4 Å². The summed E-state index contributed by atoms with van der Waals surface area (Å²) in [4.78, 5) is 49.6. The van der Waals surface area contributed by atoms with Gasteiger partial charge in [-0.05, 0) is 74.0 Å². The number of hydrogen-bond donors (Lipinski definition) is 1. The average molecular weight is 615 g/mol. The van der Waals surface area contributed by atoms with Gasteiger partial charge in [-0.15, -0.1) is 0 Å². The maximum absolute atomic E-state index is 14.0. The molecule has 0 fully saturated rings. The van der Waals surface area contributed by atoms with Gasteiger partial charge >= 0.3 is 0 Å². The van der Waals surface area contributed by atoms with Gasteiger partial charge < -0.3 is 15.5 Å². The molecule has 2 N–H and O–H groups in total. The normalized spacial score (nSPS) is 11.9. The molecule has 1 heterocycles. The van der Waals surface area contributed by atoms with Gasteiger partial charge in [0.2, 0.25) is 0 Å². The van der Waals surface area contributed by atoms with Crippen LogP contribution in [0.5, 0.6) is 0 Å². The third kappa shape index (κ3) is 6.73. The number of carbonyl (C=O) groups is 2. The number of nitrogens with zero attached hydrogens (tertiary/aromatic N) is 4. The van der Waals surface area contributed by atoms with E-state index >= 15 is 0 Å². The minimum atomic E-state index is -1.26. The fourth-order valence-electron chi connectivity index (χ4n) is 4.51. The Balaban J connectivity index is 2.02. The van der Waals surface area contributed by atoms with Crippen LogP contribution < -0.4 is 11.3 Å². The lowest BCUT2D eigenvalue weighted by Crippen LogP contribution is -2.47. The SMILES string of the molecule is Cc1ccc(C(=O)N(CCCN)C(C(=O)N(C)C)c2nc3cc(Cl)ccc3c(=O)n2Cc2cc(Cl)ccc2Cl)cc1. The van der Waals surface area contributed by atoms with Gasteiger partial charge in [0, 0.05) is 41.3 Å². The summed E-state index contributed by atoms with van der Waals surface area (Å²) in [7, 11) is 3.17. The first kappa shape index (κ1) is 30.5. The van der Waals surface area contributed by atoms with E-state index in [4.69, 9.17) is 45.5 Å². The molecule has 0 bridgehead atoms. The number of carbonyl (C=O) groups excluding carboxylic acids is 2. The molecule has 1 atom stereocenters. The molecule has 3 aromatic carbocycles. The highest BCUT2D eigenvalue weighted by atomic mass is 35.5. The Morgan fingerprint density at radius 2 is 1.63 bits per heavy atom. The molecule has 0 spiro atoms. The van der Waals surface area contributed by atoms with Crippen LogP contribution in [0.4, 0.5) is 0 Å². The summed E-state index contributed by atoms with van der Waals surface area (Å²) in [6.07, 6.45) is 0.415. The van der Waals surface area contributed by atoms with Crippen molar-refractivity contribution in [3.8, 4) is 0 Å². The number of halogens is 3. The van der Waals surface area contributed by atoms with E-state index in [1.165, 1.54) is 14.4 Å². The van der Waals surface area contributed by atoms with Crippen LogP contribution in [0.1, 0.15) is 39.8 Å². The van der Waals surface area contributed by atoms with Crippen molar-refractivity contribution in [3.63, 3.8) is 0 Å². The van der Waals surface area contributed by atoms with Crippen molar-refractivity contribution in [3.05, 3.63) is 109 Å². The van der Waals surface area contributed by atoms with Crippen molar-refractivity contribution >= 4 is 57.5 Å². The Kier molecular flexibility index (Phi) is 9.71. The molecule has 1 unspecified atom stereocenters. The van der Waals surface area contributed by atoms with Crippen molar-refractivity contribution in [2.24, 2.45) is 5.73 Å². The van der Waals surface area contributed by atoms with Gasteiger partial charge in [-0.25, -0.2) is 4.98 Å². The Hall–Kier alpha value is -3.43. The number of aryl methyl sites for hydroxylation is 1. The number of amides is 2. The van der Waals surface area contributed by atoms with Crippen molar-refractivity contribution < 1.29 is 9.59 Å². The summed E-state index contributed by atoms with van der Waals surface area (Å²) in [6.45, 7) is 2.31. The molecule has 214 valence electrons. The van der Waals surface area contributed by atoms with Crippen LogP contribution >= 0.6 is 34.8 Å². The first-order valence-electron chi connectivity index (χ1n) is 12.9. The molecule has 0 saturated carbocycles. The molecule has 41 heavy (non-hydrogen) atoms. The van der Waals surface area contributed by atoms with E-state index < -0.39 is 23.4 Å². The average Bonchev–Trinajstić information content (AvgIpc) is 2.94. The van der Waals surface area contributed by atoms with Gasteiger partial charge in [-0.1, -0.05) is 52.5 Å². The third-order valence-corrected chi connectivity index (χ3v) is 7.52. The van der Waals surface area contributed by atoms with Crippen molar-refractivity contribution in [1.82, 2.24) is 19.4 Å². The standard InChI is InChI=1S/C30H30Cl3N5O3/c1-18-5-7-19(8-6-18)28(39)37(14-4-13-34)26(30(41)36(2)3)27-35-25-16-22(32)9-11-23(25)29(40)38(27)17-20-15-21(31)10-12-24(20)33/h5-12,15-16,26H,4,13-14,17,34H2,1-3H3. The molecule has 4 rings (SSSR count). The van der Waals surface area contributed by atoms with Crippen LogP contribution in [0.2, 0.25) is 15.1 Å². The highest BCUT2D eigenvalue weighted by Gasteiger charge is 2.37. The number of hydrogen-bond acceptors (Lipinski definition) is 5. The molecule has 0 saturated heterocycles. The second kappa shape index (κ2) is 13.0. The molecule has 4 aromatic rings. The lowest BCUT2D eigenvalue weighted by molar-refractivity contribution is -0.134. The summed E-state index contributed by atoms with van der Waals surface area (Å²) in [5.74, 6) is -0.773. The Morgan fingerprint density at radius 1 is 0.976 bits per heavy atom. The first-order valence-corrected chi connectivity index (χ1v) is 14.1. The molecule has 1 aromatic heterocycles. The summed E-state index contributed by atoms with van der Waals surface area (Å²) in [6, 6.07) is 15.5. The maximum Gasteiger partial charge on any atom is 0.261 e. The molecule has 0 aliphatic heterocycles. The minimum Gasteiger partial charge on any atom is -0.347 e. The highest BCUT2D eigenvalue weighted by molar-refractivity contribution is 6.33. The molecule has 11 heteroatoms. The number of rotatable bonds is 9. The summed E-state index contributed by atoms with van der Waals surface area (Å²) < 4.78 is 1.37. The van der Waals surface area contributed by atoms with E-state index in [0.29, 0.717) is 43.5 Å². The predicted molar refractivity (Wildman–Crippen MR) is 164 cm³/mol. The fraction of sp³-hybridized carbons (Fsp3) is 0.267. The summed E-state index contributed by atoms with van der Waals surface area (Å²) >= 11 is 19.0. The van der Waals surface area contributed by atoms with Crippen molar-refractivity contribution in [2.75, 3.05) is 27.2 Å². The van der Waals surface area contributed by atoms with E-state index in [1.807, 2.05) is 19.1 Å². The Bertz CT molecular complexity index is 1650. The van der Waals surface area contributed by atoms with Gasteiger partial charge in [-0.3, -0.25) is 19.0 Å². The van der Waals surface area contributed by atoms with Crippen LogP contribution in [0.3, 0.4) is 0 Å². The number of nitrogens with two attached hydrogens (primary N) is 1. The molecular formula is C30H30Cl3N5O3. The van der Waals surface area contributed by atoms with E-state index in [9.17, 15) is 14.4 Å². The van der Waals surface area contributed by atoms with Crippen molar-refractivity contribution in [2.45, 2.75) is 25.9 Å². The smallest absolute Gasteiger partial charge is 0.261 e. The third-order valence-electron chi connectivity index (χ3n) is 6.68. The van der Waals surface area contributed by atoms with Crippen LogP contribution in [0.15, 0.2) is 65.5 Å². The molecule has 0 aliphatic rings. The zero-order chi connectivity index (χ0) is 29.8. The van der Waals surface area contributed by atoms with Crippen LogP contribution in [-0.2, 0) is 11.3 Å². The maximum atomic E-state index is 14.0. The van der Waals surface area contributed by atoms with E-state index in [2.05, 4.69) is 0 Å². The van der Waals surface area contributed by atoms with Gasteiger partial charge in [0.05, 0.1) is 17.4 Å². The minimum absolute atomic E-state index is 0.0419. The zero-order valence-electron chi connectivity index (χ0n) is 22.9. The zero-order valence-corrected chi connectivity index (χ0v) is 25.2. The van der Waals surface area contributed by atoms with Crippen LogP contribution in [0, 0.1) is 6.92 Å². The second-order valence-electron chi connectivity index (χ2n) is 9.90. The van der Waals surface area contributed by atoms with Crippen LogP contribution in [0.25, 0.3) is 10.9 Å². The van der Waals surface area contributed by atoms with E-state index in [-0.39, 0.29) is 25.5 Å². The Labute approximate surface area is 253 Å². The van der Waals surface area contributed by atoms with E-state index in [0.717, 1.165) is 5.56 Å². The van der Waals surface area contributed by atoms with Gasteiger partial charge in [0.1, 0.15) is 5.82 Å².